The molecule has 0 bridgehead atoms. The molecule has 1 fully saturated rings. The number of hydrogen-bond acceptors (Lipinski definition) is 1. The summed E-state index contributed by atoms with van der Waals surface area (Å²) in [5, 5.41) is 0. The maximum atomic E-state index is 11.4. The summed E-state index contributed by atoms with van der Waals surface area (Å²) in [5.41, 5.74) is 0. The molecule has 2 atom stereocenters. The molecule has 2 nitrogen and oxygen atoms in total. The van der Waals surface area contributed by atoms with Crippen molar-refractivity contribution < 1.29 is 4.79 Å². The standard InChI is InChI=1S/C10H18ClNO/c1-3-9-5-4-8(2)12(7-9)10(13)6-11/h8-9H,3-7H2,1-2H3/t8-,9+/m0/s1. The van der Waals surface area contributed by atoms with Crippen molar-refractivity contribution in [2.45, 2.75) is 39.2 Å². The fourth-order valence-corrected chi connectivity index (χ4v) is 2.09. The Morgan fingerprint density at radius 2 is 2.23 bits per heavy atom. The summed E-state index contributed by atoms with van der Waals surface area (Å²) in [4.78, 5) is 13.4. The van der Waals surface area contributed by atoms with E-state index in [9.17, 15) is 4.79 Å². The van der Waals surface area contributed by atoms with Gasteiger partial charge in [-0.2, -0.15) is 0 Å². The summed E-state index contributed by atoms with van der Waals surface area (Å²) in [7, 11) is 0. The van der Waals surface area contributed by atoms with E-state index in [2.05, 4.69) is 13.8 Å². The first-order valence-electron chi connectivity index (χ1n) is 5.04. The molecule has 0 aromatic heterocycles. The van der Waals surface area contributed by atoms with Gasteiger partial charge in [0.1, 0.15) is 5.88 Å². The van der Waals surface area contributed by atoms with Gasteiger partial charge < -0.3 is 4.90 Å². The summed E-state index contributed by atoms with van der Waals surface area (Å²) < 4.78 is 0. The van der Waals surface area contributed by atoms with E-state index in [0.717, 1.165) is 13.0 Å². The van der Waals surface area contributed by atoms with Gasteiger partial charge in [-0.1, -0.05) is 13.3 Å². The van der Waals surface area contributed by atoms with Crippen molar-refractivity contribution in [3.05, 3.63) is 0 Å². The van der Waals surface area contributed by atoms with Crippen LogP contribution in [0.15, 0.2) is 0 Å². The molecule has 0 radical (unpaired) electrons. The topological polar surface area (TPSA) is 20.3 Å². The average molecular weight is 204 g/mol. The smallest absolute Gasteiger partial charge is 0.237 e. The molecule has 0 aromatic rings. The van der Waals surface area contributed by atoms with Crippen molar-refractivity contribution in [1.82, 2.24) is 4.90 Å². The van der Waals surface area contributed by atoms with Crippen molar-refractivity contribution in [1.29, 1.82) is 0 Å². The van der Waals surface area contributed by atoms with Crippen LogP contribution in [0.3, 0.4) is 0 Å². The number of nitrogens with zero attached hydrogens (tertiary/aromatic N) is 1. The fourth-order valence-electron chi connectivity index (χ4n) is 1.94. The van der Waals surface area contributed by atoms with Gasteiger partial charge in [-0.3, -0.25) is 4.79 Å². The molecule has 1 aliphatic heterocycles. The van der Waals surface area contributed by atoms with E-state index in [1.807, 2.05) is 4.90 Å². The molecule has 1 saturated heterocycles. The van der Waals surface area contributed by atoms with E-state index in [4.69, 9.17) is 11.6 Å². The minimum absolute atomic E-state index is 0.0901. The van der Waals surface area contributed by atoms with Crippen LogP contribution in [-0.4, -0.2) is 29.3 Å². The molecule has 1 amide bonds. The van der Waals surface area contributed by atoms with Crippen molar-refractivity contribution in [2.24, 2.45) is 5.92 Å². The van der Waals surface area contributed by atoms with Gasteiger partial charge in [-0.25, -0.2) is 0 Å². The van der Waals surface area contributed by atoms with E-state index in [-0.39, 0.29) is 11.8 Å². The quantitative estimate of drug-likeness (QED) is 0.631. The Morgan fingerprint density at radius 3 is 2.77 bits per heavy atom. The van der Waals surface area contributed by atoms with Gasteiger partial charge in [0.25, 0.3) is 0 Å². The summed E-state index contributed by atoms with van der Waals surface area (Å²) in [5.74, 6) is 0.900. The molecule has 1 heterocycles. The van der Waals surface area contributed by atoms with Gasteiger partial charge in [-0.15, -0.1) is 11.6 Å². The lowest BCUT2D eigenvalue weighted by Crippen LogP contribution is -2.46. The number of hydrogen-bond donors (Lipinski definition) is 0. The molecule has 3 heteroatoms. The van der Waals surface area contributed by atoms with E-state index < -0.39 is 0 Å². The highest BCUT2D eigenvalue weighted by Gasteiger charge is 2.27. The number of carbonyl (C=O) groups is 1. The van der Waals surface area contributed by atoms with Crippen LogP contribution in [0.5, 0.6) is 0 Å². The SMILES string of the molecule is CC[C@@H]1CC[C@H](C)N(C(=O)CCl)C1. The maximum Gasteiger partial charge on any atom is 0.237 e. The predicted molar refractivity (Wildman–Crippen MR) is 54.9 cm³/mol. The highest BCUT2D eigenvalue weighted by Crippen LogP contribution is 2.23. The third kappa shape index (κ3) is 2.60. The van der Waals surface area contributed by atoms with Gasteiger partial charge in [0, 0.05) is 12.6 Å². The Labute approximate surface area is 85.2 Å². The lowest BCUT2D eigenvalue weighted by atomic mass is 9.91. The Bertz CT molecular complexity index is 184. The molecule has 0 aliphatic carbocycles. The predicted octanol–water partition coefficient (Wildman–Crippen LogP) is 2.26. The first-order chi connectivity index (χ1) is 6.19. The Morgan fingerprint density at radius 1 is 1.54 bits per heavy atom. The third-order valence-electron chi connectivity index (χ3n) is 2.99. The number of alkyl halides is 1. The highest BCUT2D eigenvalue weighted by molar-refractivity contribution is 6.27. The number of carbonyl (C=O) groups excluding carboxylic acids is 1. The largest absolute Gasteiger partial charge is 0.339 e. The zero-order valence-electron chi connectivity index (χ0n) is 8.42. The van der Waals surface area contributed by atoms with Gasteiger partial charge in [-0.05, 0) is 25.7 Å². The zero-order chi connectivity index (χ0) is 9.84. The Hall–Kier alpha value is -0.240. The van der Waals surface area contributed by atoms with Crippen LogP contribution in [0.1, 0.15) is 33.1 Å². The molecule has 0 aromatic carbocycles. The number of amides is 1. The van der Waals surface area contributed by atoms with Gasteiger partial charge in [0.15, 0.2) is 0 Å². The zero-order valence-corrected chi connectivity index (χ0v) is 9.18. The van der Waals surface area contributed by atoms with Gasteiger partial charge in [0.2, 0.25) is 5.91 Å². The lowest BCUT2D eigenvalue weighted by Gasteiger charge is -2.37. The second kappa shape index (κ2) is 4.85. The summed E-state index contributed by atoms with van der Waals surface area (Å²) in [6.45, 7) is 5.20. The molecule has 0 unspecified atom stereocenters. The molecule has 0 saturated carbocycles. The lowest BCUT2D eigenvalue weighted by molar-refractivity contribution is -0.132. The normalized spacial score (nSPS) is 29.0. The molecule has 76 valence electrons. The second-order valence-electron chi connectivity index (χ2n) is 3.88. The molecule has 1 aliphatic rings. The molecule has 13 heavy (non-hydrogen) atoms. The monoisotopic (exact) mass is 203 g/mol. The Balaban J connectivity index is 2.54. The first-order valence-corrected chi connectivity index (χ1v) is 5.57. The van der Waals surface area contributed by atoms with Crippen LogP contribution >= 0.6 is 11.6 Å². The Kier molecular flexibility index (Phi) is 4.04. The van der Waals surface area contributed by atoms with Crippen LogP contribution in [0.25, 0.3) is 0 Å². The first kappa shape index (κ1) is 10.8. The highest BCUT2D eigenvalue weighted by atomic mass is 35.5. The van der Waals surface area contributed by atoms with Crippen LogP contribution in [-0.2, 0) is 4.79 Å². The number of likely N-dealkylation sites (tertiary alicyclic amines) is 1. The minimum Gasteiger partial charge on any atom is -0.339 e. The molecular formula is C10H18ClNO. The minimum atomic E-state index is 0.0901. The van der Waals surface area contributed by atoms with Crippen molar-refractivity contribution >= 4 is 17.5 Å². The number of piperidine rings is 1. The van der Waals surface area contributed by atoms with Crippen molar-refractivity contribution in [2.75, 3.05) is 12.4 Å². The summed E-state index contributed by atoms with van der Waals surface area (Å²) in [6, 6.07) is 0.383. The molecule has 1 rings (SSSR count). The van der Waals surface area contributed by atoms with E-state index in [1.54, 1.807) is 0 Å². The second-order valence-corrected chi connectivity index (χ2v) is 4.15. The molecular weight excluding hydrogens is 186 g/mol. The van der Waals surface area contributed by atoms with Crippen LogP contribution < -0.4 is 0 Å². The van der Waals surface area contributed by atoms with Crippen molar-refractivity contribution in [3.8, 4) is 0 Å². The van der Waals surface area contributed by atoms with E-state index in [1.165, 1.54) is 12.8 Å². The third-order valence-corrected chi connectivity index (χ3v) is 3.22. The fraction of sp³-hybridized carbons (Fsp3) is 0.900. The summed E-state index contributed by atoms with van der Waals surface area (Å²) >= 11 is 5.55. The maximum absolute atomic E-state index is 11.4. The van der Waals surface area contributed by atoms with E-state index >= 15 is 0 Å². The molecule has 0 spiro atoms. The van der Waals surface area contributed by atoms with Crippen LogP contribution in [0.2, 0.25) is 0 Å². The summed E-state index contributed by atoms with van der Waals surface area (Å²) in [6.07, 6.45) is 3.55. The van der Waals surface area contributed by atoms with Gasteiger partial charge >= 0.3 is 0 Å². The van der Waals surface area contributed by atoms with Gasteiger partial charge in [0.05, 0.1) is 0 Å². The average Bonchev–Trinajstić information content (AvgIpc) is 2.17. The van der Waals surface area contributed by atoms with E-state index in [0.29, 0.717) is 12.0 Å². The molecule has 0 N–H and O–H groups in total. The van der Waals surface area contributed by atoms with Crippen LogP contribution in [0.4, 0.5) is 0 Å². The number of halogens is 1. The van der Waals surface area contributed by atoms with Crippen LogP contribution in [0, 0.1) is 5.92 Å². The number of rotatable bonds is 2. The van der Waals surface area contributed by atoms with Crippen molar-refractivity contribution in [3.63, 3.8) is 0 Å².